The molecule has 2 heterocycles. The van der Waals surface area contributed by atoms with E-state index in [9.17, 15) is 0 Å². The molecule has 0 atom stereocenters. The van der Waals surface area contributed by atoms with Crippen molar-refractivity contribution in [3.63, 3.8) is 0 Å². The Labute approximate surface area is 199 Å². The Morgan fingerprint density at radius 3 is 1.53 bits per heavy atom. The highest BCUT2D eigenvalue weighted by atomic mass is 35.5. The maximum Gasteiger partial charge on any atom is 0.106 e. The predicted octanol–water partition coefficient (Wildman–Crippen LogP) is 0.554. The lowest BCUT2D eigenvalue weighted by Gasteiger charge is -2.34. The molecule has 0 spiro atoms. The molecule has 11 heteroatoms. The lowest BCUT2D eigenvalue weighted by Crippen LogP contribution is -2.45. The average Bonchev–Trinajstić information content (AvgIpc) is 2.86. The first-order valence-corrected chi connectivity index (χ1v) is 11.5. The van der Waals surface area contributed by atoms with Gasteiger partial charge in [-0.05, 0) is 45.4 Å². The number of carbonyl (C=O) groups is 1. The van der Waals surface area contributed by atoms with Gasteiger partial charge in [0.05, 0.1) is 24.9 Å². The highest BCUT2D eigenvalue weighted by molar-refractivity contribution is 6.17. The Hall–Kier alpha value is -1.81. The van der Waals surface area contributed by atoms with Crippen molar-refractivity contribution in [3.8, 4) is 18.2 Å². The van der Waals surface area contributed by atoms with E-state index in [4.69, 9.17) is 43.6 Å². The molecular weight excluding hydrogens is 430 g/mol. The largest absolute Gasteiger partial charge is 0.330 e. The van der Waals surface area contributed by atoms with Gasteiger partial charge in [-0.15, -0.1) is 11.6 Å². The summed E-state index contributed by atoms with van der Waals surface area (Å²) >= 11 is 5.08. The molecule has 2 saturated heterocycles. The van der Waals surface area contributed by atoms with Crippen LogP contribution in [-0.2, 0) is 4.79 Å². The molecule has 2 fully saturated rings. The molecule has 0 aromatic carbocycles. The molecular formula is C21H42ClN9O. The molecule has 0 saturated carbocycles. The van der Waals surface area contributed by atoms with Crippen LogP contribution in [0.4, 0.5) is 0 Å². The Morgan fingerprint density at radius 1 is 0.844 bits per heavy atom. The first-order valence-electron chi connectivity index (χ1n) is 10.9. The molecule has 2 aliphatic heterocycles. The number of halogens is 1. The van der Waals surface area contributed by atoms with Gasteiger partial charge >= 0.3 is 0 Å². The van der Waals surface area contributed by atoms with Crippen LogP contribution in [-0.4, -0.2) is 88.2 Å². The Morgan fingerprint density at radius 2 is 1.31 bits per heavy atom. The minimum absolute atomic E-state index is 0.455. The number of hydrogen-bond acceptors (Lipinski definition) is 10. The van der Waals surface area contributed by atoms with Gasteiger partial charge in [0, 0.05) is 58.0 Å². The number of rotatable bonds is 7. The van der Waals surface area contributed by atoms with Gasteiger partial charge < -0.3 is 26.9 Å². The van der Waals surface area contributed by atoms with Crippen molar-refractivity contribution in [2.75, 3.05) is 71.6 Å². The van der Waals surface area contributed by atoms with Gasteiger partial charge in [0.1, 0.15) is 6.79 Å². The number of alkyl halides is 1. The smallest absolute Gasteiger partial charge is 0.106 e. The van der Waals surface area contributed by atoms with E-state index in [0.29, 0.717) is 25.1 Å². The van der Waals surface area contributed by atoms with Gasteiger partial charge in [0.25, 0.3) is 0 Å². The standard InChI is InChI=1S/C10H16N4.C4H10N2.C3H4ClN.C3H10N2.CH2O/c11-4-1-6-13-8-3-9-14(10-13)7-2-5-12;1-2-5-4-6-3-1;2*4-2-1-3-5;1-2/h1-3,6-10H2;5-6H,1-4H2;1-2H2;1-5H2;1H2. The Balaban J connectivity index is -0.000000388. The summed E-state index contributed by atoms with van der Waals surface area (Å²) < 4.78 is 0. The van der Waals surface area contributed by atoms with Gasteiger partial charge in [-0.2, -0.15) is 15.8 Å². The first-order chi connectivity index (χ1) is 15.7. The lowest BCUT2D eigenvalue weighted by molar-refractivity contribution is -0.0979. The highest BCUT2D eigenvalue weighted by Crippen LogP contribution is 2.06. The predicted molar refractivity (Wildman–Crippen MR) is 129 cm³/mol. The number of nitrogens with one attached hydrogen (secondary N) is 2. The third kappa shape index (κ3) is 30.4. The minimum atomic E-state index is 0.455. The van der Waals surface area contributed by atoms with Crippen LogP contribution >= 0.6 is 11.6 Å². The monoisotopic (exact) mass is 471 g/mol. The molecule has 2 aliphatic rings. The van der Waals surface area contributed by atoms with E-state index in [-0.39, 0.29) is 0 Å². The fourth-order valence-corrected chi connectivity index (χ4v) is 2.57. The normalized spacial score (nSPS) is 15.1. The van der Waals surface area contributed by atoms with Crippen LogP contribution in [0.3, 0.4) is 0 Å². The quantitative estimate of drug-likeness (QED) is 0.384. The van der Waals surface area contributed by atoms with Crippen LogP contribution < -0.4 is 22.1 Å². The summed E-state index contributed by atoms with van der Waals surface area (Å²) in [6.45, 7) is 11.6. The average molecular weight is 472 g/mol. The maximum atomic E-state index is 8.47. The molecule has 0 unspecified atom stereocenters. The molecule has 0 bridgehead atoms. The fraction of sp³-hybridized carbons (Fsp3) is 0.810. The van der Waals surface area contributed by atoms with Crippen molar-refractivity contribution in [2.45, 2.75) is 38.5 Å². The zero-order chi connectivity index (χ0) is 24.7. The highest BCUT2D eigenvalue weighted by Gasteiger charge is 2.15. The van der Waals surface area contributed by atoms with Gasteiger partial charge in [-0.25, -0.2) is 0 Å². The molecule has 0 radical (unpaired) electrons. The van der Waals surface area contributed by atoms with E-state index in [1.165, 1.54) is 19.5 Å². The topological polar surface area (TPSA) is 171 Å². The van der Waals surface area contributed by atoms with E-state index in [1.54, 1.807) is 0 Å². The summed E-state index contributed by atoms with van der Waals surface area (Å²) in [4.78, 5) is 12.6. The van der Waals surface area contributed by atoms with E-state index in [0.717, 1.165) is 65.4 Å². The van der Waals surface area contributed by atoms with Crippen molar-refractivity contribution >= 4 is 18.4 Å². The van der Waals surface area contributed by atoms with Crippen molar-refractivity contribution in [3.05, 3.63) is 0 Å². The summed E-state index contributed by atoms with van der Waals surface area (Å²) in [5, 5.41) is 31.0. The summed E-state index contributed by atoms with van der Waals surface area (Å²) in [5.74, 6) is 0.455. The van der Waals surface area contributed by atoms with Gasteiger partial charge in [-0.1, -0.05) is 0 Å². The van der Waals surface area contributed by atoms with Gasteiger partial charge in [0.2, 0.25) is 0 Å². The molecule has 0 aromatic heterocycles. The number of hydrogen-bond donors (Lipinski definition) is 4. The Kier molecular flexibility index (Phi) is 36.8. The van der Waals surface area contributed by atoms with E-state index >= 15 is 0 Å². The van der Waals surface area contributed by atoms with Crippen LogP contribution in [0.2, 0.25) is 0 Å². The van der Waals surface area contributed by atoms with Crippen LogP contribution in [0.5, 0.6) is 0 Å². The second-order valence-electron chi connectivity index (χ2n) is 6.61. The van der Waals surface area contributed by atoms with E-state index in [1.807, 2.05) is 12.9 Å². The summed E-state index contributed by atoms with van der Waals surface area (Å²) in [5.41, 5.74) is 10.1. The lowest BCUT2D eigenvalue weighted by atomic mass is 10.2. The van der Waals surface area contributed by atoms with Gasteiger partial charge in [0.15, 0.2) is 0 Å². The van der Waals surface area contributed by atoms with Crippen LogP contribution in [0.1, 0.15) is 38.5 Å². The minimum Gasteiger partial charge on any atom is -0.330 e. The number of nitriles is 3. The number of nitrogens with two attached hydrogens (primary N) is 2. The fourth-order valence-electron chi connectivity index (χ4n) is 2.49. The molecule has 0 aromatic rings. The van der Waals surface area contributed by atoms with Crippen molar-refractivity contribution in [1.29, 1.82) is 15.8 Å². The van der Waals surface area contributed by atoms with Crippen molar-refractivity contribution < 1.29 is 4.79 Å². The van der Waals surface area contributed by atoms with Crippen LogP contribution in [0, 0.1) is 34.0 Å². The molecule has 2 rings (SSSR count). The SMILES string of the molecule is C1CNCNC1.C=O.N#CCCCl.N#CCCN1CCCN(CCC#N)C1.NCCCN. The first kappa shape index (κ1) is 34.8. The molecule has 0 aliphatic carbocycles. The molecule has 0 amide bonds. The molecule has 184 valence electrons. The van der Waals surface area contributed by atoms with Crippen molar-refractivity contribution in [2.24, 2.45) is 11.5 Å². The van der Waals surface area contributed by atoms with Gasteiger partial charge in [-0.3, -0.25) is 9.80 Å². The summed E-state index contributed by atoms with van der Waals surface area (Å²) in [6, 6.07) is 6.21. The van der Waals surface area contributed by atoms with Crippen LogP contribution in [0.25, 0.3) is 0 Å². The third-order valence-corrected chi connectivity index (χ3v) is 4.19. The van der Waals surface area contributed by atoms with Crippen LogP contribution in [0.15, 0.2) is 0 Å². The Bertz CT molecular complexity index is 450. The maximum absolute atomic E-state index is 8.47. The number of carbonyl (C=O) groups excluding carboxylic acids is 1. The van der Waals surface area contributed by atoms with E-state index in [2.05, 4.69) is 32.6 Å². The van der Waals surface area contributed by atoms with Crippen molar-refractivity contribution in [1.82, 2.24) is 20.4 Å². The molecule has 32 heavy (non-hydrogen) atoms. The second-order valence-corrected chi connectivity index (χ2v) is 6.98. The third-order valence-electron chi connectivity index (χ3n) is 4.00. The zero-order valence-electron chi connectivity index (χ0n) is 19.4. The zero-order valence-corrected chi connectivity index (χ0v) is 20.2. The number of nitrogens with zero attached hydrogens (tertiary/aromatic N) is 5. The molecule has 10 nitrogen and oxygen atoms in total. The van der Waals surface area contributed by atoms with E-state index < -0.39 is 0 Å². The summed E-state index contributed by atoms with van der Waals surface area (Å²) in [6.07, 6.45) is 5.04. The summed E-state index contributed by atoms with van der Waals surface area (Å²) in [7, 11) is 0. The second kappa shape index (κ2) is 33.8. The molecule has 6 N–H and O–H groups in total.